The number of carbonyl (C=O) groups excluding carboxylic acids is 2. The van der Waals surface area contributed by atoms with Gasteiger partial charge in [0.05, 0.1) is 22.6 Å². The van der Waals surface area contributed by atoms with Crippen LogP contribution in [0.2, 0.25) is 0 Å². The summed E-state index contributed by atoms with van der Waals surface area (Å²) < 4.78 is 0. The van der Waals surface area contributed by atoms with Crippen molar-refractivity contribution in [1.82, 2.24) is 0 Å². The van der Waals surface area contributed by atoms with E-state index in [9.17, 15) is 9.59 Å². The van der Waals surface area contributed by atoms with E-state index in [-0.39, 0.29) is 11.7 Å². The number of aryl methyl sites for hydroxylation is 1. The van der Waals surface area contributed by atoms with E-state index in [1.807, 2.05) is 25.1 Å². The number of amides is 1. The second-order valence-corrected chi connectivity index (χ2v) is 4.94. The third-order valence-corrected chi connectivity index (χ3v) is 3.36. The monoisotopic (exact) mass is 266 g/mol. The number of anilines is 3. The average Bonchev–Trinajstić information content (AvgIpc) is 2.54. The summed E-state index contributed by atoms with van der Waals surface area (Å²) in [6.07, 6.45) is 0. The number of hydrogen-bond donors (Lipinski definition) is 2. The number of Topliss-reactive ketones (excluding diaryl/α,β-unsaturated/α-hetero) is 1. The second kappa shape index (κ2) is 4.49. The highest BCUT2D eigenvalue weighted by molar-refractivity contribution is 6.12. The van der Waals surface area contributed by atoms with Gasteiger partial charge < -0.3 is 10.6 Å². The van der Waals surface area contributed by atoms with Crippen molar-refractivity contribution in [1.29, 1.82) is 0 Å². The smallest absolute Gasteiger partial charge is 0.257 e. The lowest BCUT2D eigenvalue weighted by molar-refractivity contribution is 0.101. The Morgan fingerprint density at radius 3 is 2.45 bits per heavy atom. The molecule has 4 heteroatoms. The number of nitrogens with one attached hydrogen (secondary N) is 2. The van der Waals surface area contributed by atoms with Gasteiger partial charge in [-0.1, -0.05) is 11.6 Å². The Bertz CT molecular complexity index is 735. The zero-order valence-corrected chi connectivity index (χ0v) is 11.3. The minimum atomic E-state index is -0.171. The Morgan fingerprint density at radius 2 is 1.70 bits per heavy atom. The SMILES string of the molecule is CC(=O)c1ccc2c(c1)NC(=O)c1cc(C)ccc1N2. The van der Waals surface area contributed by atoms with Crippen LogP contribution in [0, 0.1) is 6.92 Å². The van der Waals surface area contributed by atoms with Crippen LogP contribution < -0.4 is 10.6 Å². The Morgan fingerprint density at radius 1 is 0.950 bits per heavy atom. The minimum absolute atomic E-state index is 0.0281. The lowest BCUT2D eigenvalue weighted by Gasteiger charge is -2.09. The number of benzene rings is 2. The molecule has 0 saturated heterocycles. The van der Waals surface area contributed by atoms with Crippen molar-refractivity contribution in [2.75, 3.05) is 10.6 Å². The molecule has 0 radical (unpaired) electrons. The lowest BCUT2D eigenvalue weighted by Crippen LogP contribution is -2.11. The van der Waals surface area contributed by atoms with Crippen LogP contribution in [-0.4, -0.2) is 11.7 Å². The molecule has 0 aromatic heterocycles. The third-order valence-electron chi connectivity index (χ3n) is 3.36. The standard InChI is InChI=1S/C16H14N2O2/c1-9-3-5-13-12(7-9)16(20)18-15-8-11(10(2)19)4-6-14(15)17-13/h3-8,17H,1-2H3,(H,18,20). The largest absolute Gasteiger partial charge is 0.353 e. The third kappa shape index (κ3) is 2.05. The van der Waals surface area contributed by atoms with E-state index in [2.05, 4.69) is 10.6 Å². The zero-order chi connectivity index (χ0) is 14.3. The van der Waals surface area contributed by atoms with Gasteiger partial charge in [-0.05, 0) is 44.2 Å². The van der Waals surface area contributed by atoms with Crippen molar-refractivity contribution in [3.05, 3.63) is 53.1 Å². The number of rotatable bonds is 1. The van der Waals surface area contributed by atoms with Crippen molar-refractivity contribution < 1.29 is 9.59 Å². The molecule has 2 aromatic carbocycles. The number of hydrogen-bond acceptors (Lipinski definition) is 3. The van der Waals surface area contributed by atoms with E-state index in [4.69, 9.17) is 0 Å². The quantitative estimate of drug-likeness (QED) is 0.776. The molecule has 0 fully saturated rings. The highest BCUT2D eigenvalue weighted by Gasteiger charge is 2.19. The fourth-order valence-electron chi connectivity index (χ4n) is 2.27. The summed E-state index contributed by atoms with van der Waals surface area (Å²) in [4.78, 5) is 23.7. The van der Waals surface area contributed by atoms with E-state index in [0.29, 0.717) is 16.8 Å². The first-order chi connectivity index (χ1) is 9.54. The van der Waals surface area contributed by atoms with E-state index < -0.39 is 0 Å². The van der Waals surface area contributed by atoms with Crippen molar-refractivity contribution in [2.24, 2.45) is 0 Å². The molecule has 2 aromatic rings. The van der Waals surface area contributed by atoms with Gasteiger partial charge in [0, 0.05) is 5.56 Å². The number of carbonyl (C=O) groups is 2. The predicted molar refractivity (Wildman–Crippen MR) is 78.9 cm³/mol. The number of fused-ring (bicyclic) bond motifs is 2. The van der Waals surface area contributed by atoms with Crippen LogP contribution in [0.3, 0.4) is 0 Å². The maximum Gasteiger partial charge on any atom is 0.257 e. The highest BCUT2D eigenvalue weighted by Crippen LogP contribution is 2.33. The van der Waals surface area contributed by atoms with Gasteiger partial charge in [-0.15, -0.1) is 0 Å². The molecule has 1 heterocycles. The first kappa shape index (κ1) is 12.4. The predicted octanol–water partition coefficient (Wildman–Crippen LogP) is 3.51. The molecule has 3 rings (SSSR count). The van der Waals surface area contributed by atoms with Gasteiger partial charge in [-0.3, -0.25) is 9.59 Å². The maximum absolute atomic E-state index is 12.3. The summed E-state index contributed by atoms with van der Waals surface area (Å²) in [5.74, 6) is -0.199. The fourth-order valence-corrected chi connectivity index (χ4v) is 2.27. The first-order valence-electron chi connectivity index (χ1n) is 6.38. The van der Waals surface area contributed by atoms with E-state index in [1.165, 1.54) is 6.92 Å². The topological polar surface area (TPSA) is 58.2 Å². The molecule has 0 aliphatic carbocycles. The molecule has 1 aliphatic rings. The van der Waals surface area contributed by atoms with Crippen LogP contribution in [0.25, 0.3) is 0 Å². The summed E-state index contributed by atoms with van der Waals surface area (Å²) in [6, 6.07) is 10.9. The van der Waals surface area contributed by atoms with Gasteiger partial charge in [-0.25, -0.2) is 0 Å². The van der Waals surface area contributed by atoms with Crippen LogP contribution in [0.4, 0.5) is 17.1 Å². The van der Waals surface area contributed by atoms with Crippen LogP contribution in [0.1, 0.15) is 33.2 Å². The average molecular weight is 266 g/mol. The van der Waals surface area contributed by atoms with Crippen LogP contribution in [0.5, 0.6) is 0 Å². The molecular formula is C16H14N2O2. The van der Waals surface area contributed by atoms with Gasteiger partial charge in [0.25, 0.3) is 5.91 Å². The first-order valence-corrected chi connectivity index (χ1v) is 6.38. The Labute approximate surface area is 116 Å². The molecular weight excluding hydrogens is 252 g/mol. The molecule has 0 atom stereocenters. The molecule has 0 bridgehead atoms. The second-order valence-electron chi connectivity index (χ2n) is 4.94. The highest BCUT2D eigenvalue weighted by atomic mass is 16.1. The summed E-state index contributed by atoms with van der Waals surface area (Å²) in [7, 11) is 0. The number of ketones is 1. The summed E-state index contributed by atoms with van der Waals surface area (Å²) in [5, 5.41) is 6.08. The molecule has 2 N–H and O–H groups in total. The Kier molecular flexibility index (Phi) is 2.79. The fraction of sp³-hybridized carbons (Fsp3) is 0.125. The van der Waals surface area contributed by atoms with Gasteiger partial charge in [0.2, 0.25) is 0 Å². The van der Waals surface area contributed by atoms with E-state index in [1.54, 1.807) is 18.2 Å². The molecule has 20 heavy (non-hydrogen) atoms. The normalized spacial score (nSPS) is 12.6. The molecule has 4 nitrogen and oxygen atoms in total. The Hall–Kier alpha value is -2.62. The van der Waals surface area contributed by atoms with Crippen LogP contribution >= 0.6 is 0 Å². The summed E-state index contributed by atoms with van der Waals surface area (Å²) >= 11 is 0. The zero-order valence-electron chi connectivity index (χ0n) is 11.3. The minimum Gasteiger partial charge on any atom is -0.353 e. The van der Waals surface area contributed by atoms with Crippen molar-refractivity contribution in [3.8, 4) is 0 Å². The van der Waals surface area contributed by atoms with Crippen molar-refractivity contribution in [3.63, 3.8) is 0 Å². The lowest BCUT2D eigenvalue weighted by atomic mass is 10.1. The van der Waals surface area contributed by atoms with Crippen LogP contribution in [0.15, 0.2) is 36.4 Å². The van der Waals surface area contributed by atoms with Crippen LogP contribution in [-0.2, 0) is 0 Å². The molecule has 0 saturated carbocycles. The van der Waals surface area contributed by atoms with Gasteiger partial charge in [0.15, 0.2) is 5.78 Å². The molecule has 0 spiro atoms. The van der Waals surface area contributed by atoms with Gasteiger partial charge in [-0.2, -0.15) is 0 Å². The van der Waals surface area contributed by atoms with E-state index in [0.717, 1.165) is 16.9 Å². The van der Waals surface area contributed by atoms with Gasteiger partial charge >= 0.3 is 0 Å². The Balaban J connectivity index is 2.11. The van der Waals surface area contributed by atoms with Gasteiger partial charge in [0.1, 0.15) is 0 Å². The molecule has 1 amide bonds. The summed E-state index contributed by atoms with van der Waals surface area (Å²) in [6.45, 7) is 3.45. The van der Waals surface area contributed by atoms with Crippen molar-refractivity contribution in [2.45, 2.75) is 13.8 Å². The molecule has 1 aliphatic heterocycles. The molecule has 100 valence electrons. The molecule has 0 unspecified atom stereocenters. The summed E-state index contributed by atoms with van der Waals surface area (Å²) in [5.41, 5.74) is 4.37. The van der Waals surface area contributed by atoms with E-state index >= 15 is 0 Å². The maximum atomic E-state index is 12.3. The van der Waals surface area contributed by atoms with Crippen molar-refractivity contribution >= 4 is 28.8 Å².